The van der Waals surface area contributed by atoms with Gasteiger partial charge in [0.05, 0.1) is 20.8 Å². The van der Waals surface area contributed by atoms with Crippen LogP contribution in [0.2, 0.25) is 15.1 Å². The molecule has 6 heteroatoms. The van der Waals surface area contributed by atoms with Crippen molar-refractivity contribution in [2.75, 3.05) is 11.6 Å². The van der Waals surface area contributed by atoms with Gasteiger partial charge < -0.3 is 5.73 Å². The molecule has 0 unspecified atom stereocenters. The van der Waals surface area contributed by atoms with E-state index in [-0.39, 0.29) is 0 Å². The Kier molecular flexibility index (Phi) is 2.96. The van der Waals surface area contributed by atoms with Crippen molar-refractivity contribution in [3.63, 3.8) is 0 Å². The van der Waals surface area contributed by atoms with Crippen LogP contribution >= 0.6 is 34.8 Å². The van der Waals surface area contributed by atoms with Gasteiger partial charge in [0.1, 0.15) is 5.84 Å². The fourth-order valence-corrected chi connectivity index (χ4v) is 1.94. The average molecular weight is 265 g/mol. The number of hydrogen-bond acceptors (Lipinski definition) is 3. The molecule has 80 valence electrons. The van der Waals surface area contributed by atoms with Gasteiger partial charge in [-0.3, -0.25) is 5.01 Å². The summed E-state index contributed by atoms with van der Waals surface area (Å²) in [6.45, 7) is 0.736. The van der Waals surface area contributed by atoms with Crippen LogP contribution < -0.4 is 10.7 Å². The molecule has 0 radical (unpaired) electrons. The second-order valence-electron chi connectivity index (χ2n) is 3.19. The molecule has 0 amide bonds. The zero-order chi connectivity index (χ0) is 11.0. The molecule has 3 nitrogen and oxygen atoms in total. The molecule has 0 aromatic heterocycles. The topological polar surface area (TPSA) is 41.6 Å². The second kappa shape index (κ2) is 4.08. The van der Waals surface area contributed by atoms with E-state index in [9.17, 15) is 0 Å². The van der Waals surface area contributed by atoms with Crippen molar-refractivity contribution in [2.24, 2.45) is 10.8 Å². The fourth-order valence-electron chi connectivity index (χ4n) is 1.35. The minimum absolute atomic E-state index is 0.359. The van der Waals surface area contributed by atoms with E-state index in [1.807, 2.05) is 0 Å². The number of nitrogens with zero attached hydrogens (tertiary/aromatic N) is 2. The largest absolute Gasteiger partial charge is 0.386 e. The van der Waals surface area contributed by atoms with Crippen LogP contribution in [0.4, 0.5) is 5.69 Å². The van der Waals surface area contributed by atoms with Crippen molar-refractivity contribution >= 4 is 46.3 Å². The highest BCUT2D eigenvalue weighted by molar-refractivity contribution is 6.48. The van der Waals surface area contributed by atoms with Crippen molar-refractivity contribution in [2.45, 2.75) is 6.42 Å². The van der Waals surface area contributed by atoms with Gasteiger partial charge in [-0.05, 0) is 12.1 Å². The number of halogens is 3. The number of anilines is 1. The van der Waals surface area contributed by atoms with Crippen LogP contribution in [0, 0.1) is 0 Å². The summed E-state index contributed by atoms with van der Waals surface area (Å²) >= 11 is 17.7. The number of nitrogens with two attached hydrogens (primary N) is 1. The predicted octanol–water partition coefficient (Wildman–Crippen LogP) is 3.13. The van der Waals surface area contributed by atoms with E-state index in [0.29, 0.717) is 20.9 Å². The molecule has 1 heterocycles. The highest BCUT2D eigenvalue weighted by Gasteiger charge is 2.16. The molecule has 0 atom stereocenters. The smallest absolute Gasteiger partial charge is 0.122 e. The van der Waals surface area contributed by atoms with Gasteiger partial charge in [0, 0.05) is 13.0 Å². The monoisotopic (exact) mass is 263 g/mol. The standard InChI is InChI=1S/C9H8Cl3N3/c10-6-3-5(4-7(11)9(6)12)15-2-1-8(13)14-15/h3-4H,1-2H2,(H2,13,14). The van der Waals surface area contributed by atoms with Crippen LogP contribution in [0.5, 0.6) is 0 Å². The summed E-state index contributed by atoms with van der Waals surface area (Å²) in [4.78, 5) is 0. The number of benzene rings is 1. The quantitative estimate of drug-likeness (QED) is 0.792. The molecule has 0 fully saturated rings. The van der Waals surface area contributed by atoms with E-state index in [0.717, 1.165) is 18.7 Å². The van der Waals surface area contributed by atoms with Crippen LogP contribution in [0.25, 0.3) is 0 Å². The minimum atomic E-state index is 0.359. The molecular formula is C9H8Cl3N3. The normalized spacial score (nSPS) is 15.7. The molecule has 0 saturated heterocycles. The fraction of sp³-hybridized carbons (Fsp3) is 0.222. The Hall–Kier alpha value is -0.640. The molecule has 1 aromatic rings. The molecule has 1 aromatic carbocycles. The van der Waals surface area contributed by atoms with Crippen molar-refractivity contribution in [1.82, 2.24) is 0 Å². The van der Waals surface area contributed by atoms with Gasteiger partial charge in [-0.1, -0.05) is 34.8 Å². The highest BCUT2D eigenvalue weighted by Crippen LogP contribution is 2.35. The van der Waals surface area contributed by atoms with Crippen molar-refractivity contribution in [3.05, 3.63) is 27.2 Å². The summed E-state index contributed by atoms with van der Waals surface area (Å²) in [5, 5.41) is 7.08. The lowest BCUT2D eigenvalue weighted by atomic mass is 10.3. The van der Waals surface area contributed by atoms with E-state index in [1.165, 1.54) is 0 Å². The lowest BCUT2D eigenvalue weighted by molar-refractivity contribution is 0.922. The molecule has 1 aliphatic heterocycles. The first-order valence-corrected chi connectivity index (χ1v) is 5.46. The van der Waals surface area contributed by atoms with Crippen LogP contribution in [-0.4, -0.2) is 12.4 Å². The van der Waals surface area contributed by atoms with Crippen LogP contribution in [0.3, 0.4) is 0 Å². The van der Waals surface area contributed by atoms with Gasteiger partial charge in [-0.15, -0.1) is 0 Å². The summed E-state index contributed by atoms with van der Waals surface area (Å²) in [5.41, 5.74) is 6.39. The van der Waals surface area contributed by atoms with E-state index in [1.54, 1.807) is 17.1 Å². The molecule has 0 spiro atoms. The third-order valence-electron chi connectivity index (χ3n) is 2.10. The number of amidine groups is 1. The zero-order valence-electron chi connectivity index (χ0n) is 7.67. The van der Waals surface area contributed by atoms with Gasteiger partial charge in [0.25, 0.3) is 0 Å². The number of hydrazone groups is 1. The van der Waals surface area contributed by atoms with Crippen LogP contribution in [0.1, 0.15) is 6.42 Å². The minimum Gasteiger partial charge on any atom is -0.386 e. The molecule has 15 heavy (non-hydrogen) atoms. The molecular weight excluding hydrogens is 256 g/mol. The van der Waals surface area contributed by atoms with Crippen molar-refractivity contribution in [1.29, 1.82) is 0 Å². The van der Waals surface area contributed by atoms with E-state index >= 15 is 0 Å². The molecule has 2 rings (SSSR count). The van der Waals surface area contributed by atoms with E-state index in [2.05, 4.69) is 5.10 Å². The predicted molar refractivity (Wildman–Crippen MR) is 65.1 cm³/mol. The van der Waals surface area contributed by atoms with Gasteiger partial charge in [-0.2, -0.15) is 5.10 Å². The maximum atomic E-state index is 5.91. The Morgan fingerprint density at radius 3 is 2.27 bits per heavy atom. The summed E-state index contributed by atoms with van der Waals surface area (Å²) < 4.78 is 0. The van der Waals surface area contributed by atoms with Gasteiger partial charge in [0.2, 0.25) is 0 Å². The third-order valence-corrected chi connectivity index (χ3v) is 3.29. The van der Waals surface area contributed by atoms with Gasteiger partial charge >= 0.3 is 0 Å². The van der Waals surface area contributed by atoms with Crippen LogP contribution in [-0.2, 0) is 0 Å². The summed E-state index contributed by atoms with van der Waals surface area (Å²) in [5.74, 6) is 0.609. The molecule has 0 bridgehead atoms. The number of hydrogen-bond donors (Lipinski definition) is 1. The molecule has 0 saturated carbocycles. The summed E-state index contributed by atoms with van der Waals surface area (Å²) in [7, 11) is 0. The van der Waals surface area contributed by atoms with Gasteiger partial charge in [0.15, 0.2) is 0 Å². The first-order valence-electron chi connectivity index (χ1n) is 4.33. The maximum absolute atomic E-state index is 5.91. The van der Waals surface area contributed by atoms with Gasteiger partial charge in [-0.25, -0.2) is 0 Å². The zero-order valence-corrected chi connectivity index (χ0v) is 9.94. The summed E-state index contributed by atoms with van der Waals surface area (Å²) in [6.07, 6.45) is 0.748. The first kappa shape index (κ1) is 10.9. The van der Waals surface area contributed by atoms with Crippen molar-refractivity contribution in [3.8, 4) is 0 Å². The second-order valence-corrected chi connectivity index (χ2v) is 4.38. The Bertz CT molecular complexity index is 408. The van der Waals surface area contributed by atoms with E-state index in [4.69, 9.17) is 40.5 Å². The SMILES string of the molecule is NC1=NN(c2cc(Cl)c(Cl)c(Cl)c2)CC1. The first-order chi connectivity index (χ1) is 7.08. The third kappa shape index (κ3) is 2.14. The van der Waals surface area contributed by atoms with E-state index < -0.39 is 0 Å². The highest BCUT2D eigenvalue weighted by atomic mass is 35.5. The van der Waals surface area contributed by atoms with Crippen molar-refractivity contribution < 1.29 is 0 Å². The number of rotatable bonds is 1. The Morgan fingerprint density at radius 1 is 1.20 bits per heavy atom. The Balaban J connectivity index is 2.38. The Morgan fingerprint density at radius 2 is 1.80 bits per heavy atom. The molecule has 1 aliphatic rings. The lowest BCUT2D eigenvalue weighted by Crippen LogP contribution is -2.11. The molecule has 2 N–H and O–H groups in total. The average Bonchev–Trinajstić information content (AvgIpc) is 2.60. The maximum Gasteiger partial charge on any atom is 0.122 e. The lowest BCUT2D eigenvalue weighted by Gasteiger charge is -2.14. The summed E-state index contributed by atoms with van der Waals surface area (Å²) in [6, 6.07) is 3.44. The molecule has 0 aliphatic carbocycles. The Labute approximate surface area is 102 Å². The van der Waals surface area contributed by atoms with Crippen LogP contribution in [0.15, 0.2) is 17.2 Å².